The van der Waals surface area contributed by atoms with Crippen LogP contribution in [0, 0.1) is 0 Å². The fraction of sp³-hybridized carbons (Fsp3) is 0.417. The lowest BCUT2D eigenvalue weighted by molar-refractivity contribution is -0.137. The number of nitrogens with one attached hydrogen (secondary N) is 1. The molecular formula is C12H17N5O3S2. The van der Waals surface area contributed by atoms with Crippen LogP contribution < -0.4 is 11.1 Å². The van der Waals surface area contributed by atoms with Gasteiger partial charge in [0.2, 0.25) is 6.41 Å². The van der Waals surface area contributed by atoms with Gasteiger partial charge in [0.1, 0.15) is 0 Å². The zero-order valence-corrected chi connectivity index (χ0v) is 13.9. The number of aromatic nitrogens is 1. The van der Waals surface area contributed by atoms with Crippen LogP contribution in [-0.2, 0) is 20.1 Å². The lowest BCUT2D eigenvalue weighted by Crippen LogP contribution is -2.37. The Morgan fingerprint density at radius 1 is 1.55 bits per heavy atom. The van der Waals surface area contributed by atoms with E-state index in [4.69, 9.17) is 5.73 Å². The summed E-state index contributed by atoms with van der Waals surface area (Å²) in [6, 6.07) is 0. The van der Waals surface area contributed by atoms with Crippen molar-refractivity contribution in [2.45, 2.75) is 5.75 Å². The second-order valence-electron chi connectivity index (χ2n) is 4.27. The van der Waals surface area contributed by atoms with Gasteiger partial charge in [-0.15, -0.1) is 11.3 Å². The first-order chi connectivity index (χ1) is 10.5. The number of hydrogen-bond donors (Lipinski definition) is 2. The summed E-state index contributed by atoms with van der Waals surface area (Å²) in [5.74, 6) is 0.0431. The second-order valence-corrected chi connectivity index (χ2v) is 6.23. The molecule has 0 radical (unpaired) electrons. The largest absolute Gasteiger partial charge is 0.361 e. The Bertz CT molecular complexity index is 571. The van der Waals surface area contributed by atoms with Crippen molar-refractivity contribution in [3.05, 3.63) is 16.1 Å². The molecule has 3 amide bonds. The maximum atomic E-state index is 10.9. The Hall–Kier alpha value is -1.94. The van der Waals surface area contributed by atoms with Crippen molar-refractivity contribution in [2.75, 3.05) is 26.4 Å². The highest BCUT2D eigenvalue weighted by atomic mass is 32.2. The van der Waals surface area contributed by atoms with E-state index in [0.717, 1.165) is 5.69 Å². The molecule has 0 saturated heterocycles. The quantitative estimate of drug-likeness (QED) is 0.225. The third-order valence-electron chi connectivity index (χ3n) is 2.35. The summed E-state index contributed by atoms with van der Waals surface area (Å²) in [4.78, 5) is 41.9. The fourth-order valence-electron chi connectivity index (χ4n) is 1.39. The SMILES string of the molecule is CN(C)C(=NC=O)c1nc(CSCCNC(=O)C(N)=O)cs1. The fourth-order valence-corrected chi connectivity index (χ4v) is 3.14. The summed E-state index contributed by atoms with van der Waals surface area (Å²) < 4.78 is 0. The molecule has 1 heterocycles. The zero-order valence-electron chi connectivity index (χ0n) is 12.2. The van der Waals surface area contributed by atoms with Crippen molar-refractivity contribution < 1.29 is 14.4 Å². The van der Waals surface area contributed by atoms with Crippen LogP contribution in [0.3, 0.4) is 0 Å². The molecule has 22 heavy (non-hydrogen) atoms. The van der Waals surface area contributed by atoms with E-state index in [0.29, 0.717) is 35.3 Å². The number of hydrogen-bond acceptors (Lipinski definition) is 6. The number of carbonyl (C=O) groups is 3. The zero-order chi connectivity index (χ0) is 16.5. The van der Waals surface area contributed by atoms with Gasteiger partial charge in [0.15, 0.2) is 10.8 Å². The van der Waals surface area contributed by atoms with E-state index in [1.165, 1.54) is 11.3 Å². The number of rotatable bonds is 7. The van der Waals surface area contributed by atoms with Crippen LogP contribution in [0.1, 0.15) is 10.7 Å². The molecule has 0 bridgehead atoms. The highest BCUT2D eigenvalue weighted by Crippen LogP contribution is 2.17. The first-order valence-corrected chi connectivity index (χ1v) is 8.28. The molecule has 0 fully saturated rings. The van der Waals surface area contributed by atoms with Crippen molar-refractivity contribution in [3.63, 3.8) is 0 Å². The normalized spacial score (nSPS) is 11.1. The molecule has 0 saturated carbocycles. The summed E-state index contributed by atoms with van der Waals surface area (Å²) in [6.07, 6.45) is 0.493. The van der Waals surface area contributed by atoms with Crippen molar-refractivity contribution in [1.82, 2.24) is 15.2 Å². The van der Waals surface area contributed by atoms with Gasteiger partial charge in [-0.1, -0.05) is 0 Å². The molecule has 120 valence electrons. The maximum absolute atomic E-state index is 10.9. The predicted molar refractivity (Wildman–Crippen MR) is 86.8 cm³/mol. The van der Waals surface area contributed by atoms with Gasteiger partial charge in [0.25, 0.3) is 0 Å². The van der Waals surface area contributed by atoms with Crippen LogP contribution in [0.2, 0.25) is 0 Å². The minimum Gasteiger partial charge on any atom is -0.361 e. The van der Waals surface area contributed by atoms with Gasteiger partial charge in [-0.2, -0.15) is 16.8 Å². The second kappa shape index (κ2) is 9.15. The molecule has 1 rings (SSSR count). The van der Waals surface area contributed by atoms with E-state index in [2.05, 4.69) is 15.3 Å². The van der Waals surface area contributed by atoms with Crippen LogP contribution in [0.5, 0.6) is 0 Å². The van der Waals surface area contributed by atoms with E-state index in [-0.39, 0.29) is 0 Å². The first-order valence-electron chi connectivity index (χ1n) is 6.24. The lowest BCUT2D eigenvalue weighted by Gasteiger charge is -2.11. The molecule has 0 aliphatic rings. The molecule has 3 N–H and O–H groups in total. The van der Waals surface area contributed by atoms with E-state index in [1.54, 1.807) is 30.8 Å². The van der Waals surface area contributed by atoms with Gasteiger partial charge in [-0.25, -0.2) is 4.98 Å². The smallest absolute Gasteiger partial charge is 0.309 e. The number of carbonyl (C=O) groups excluding carboxylic acids is 3. The van der Waals surface area contributed by atoms with Crippen LogP contribution in [-0.4, -0.2) is 60.3 Å². The minimum absolute atomic E-state index is 0.360. The highest BCUT2D eigenvalue weighted by molar-refractivity contribution is 7.98. The molecule has 1 aromatic rings. The van der Waals surface area contributed by atoms with Crippen LogP contribution in [0.25, 0.3) is 0 Å². The Kier molecular flexibility index (Phi) is 7.54. The number of aliphatic imine (C=N–C) groups is 1. The van der Waals surface area contributed by atoms with Gasteiger partial charge < -0.3 is 16.0 Å². The minimum atomic E-state index is -0.986. The average Bonchev–Trinajstić information content (AvgIpc) is 2.92. The third-order valence-corrected chi connectivity index (χ3v) is 4.23. The molecule has 10 heteroatoms. The third kappa shape index (κ3) is 5.82. The molecule has 0 unspecified atom stereocenters. The standard InChI is InChI=1S/C12H17N5O3S2/c1-17(2)10(15-7-18)12-16-8(6-22-12)5-21-4-3-14-11(20)9(13)19/h6-7H,3-5H2,1-2H3,(H2,13,19)(H,14,20). The van der Waals surface area contributed by atoms with Crippen LogP contribution in [0.15, 0.2) is 10.4 Å². The van der Waals surface area contributed by atoms with Crippen LogP contribution in [0.4, 0.5) is 0 Å². The maximum Gasteiger partial charge on any atom is 0.309 e. The number of thiazole rings is 1. The molecule has 0 atom stereocenters. The lowest BCUT2D eigenvalue weighted by atomic mass is 10.5. The summed E-state index contributed by atoms with van der Waals surface area (Å²) in [7, 11) is 3.58. The Morgan fingerprint density at radius 3 is 2.86 bits per heavy atom. The Labute approximate surface area is 136 Å². The summed E-state index contributed by atoms with van der Waals surface area (Å²) in [5, 5.41) is 4.98. The molecule has 0 aromatic carbocycles. The molecule has 8 nitrogen and oxygen atoms in total. The van der Waals surface area contributed by atoms with Crippen molar-refractivity contribution >= 4 is 47.2 Å². The van der Waals surface area contributed by atoms with E-state index >= 15 is 0 Å². The molecular weight excluding hydrogens is 326 g/mol. The van der Waals surface area contributed by atoms with Crippen molar-refractivity contribution in [1.29, 1.82) is 0 Å². The predicted octanol–water partition coefficient (Wildman–Crippen LogP) is -0.558. The van der Waals surface area contributed by atoms with Crippen molar-refractivity contribution in [3.8, 4) is 0 Å². The monoisotopic (exact) mass is 343 g/mol. The van der Waals surface area contributed by atoms with E-state index < -0.39 is 11.8 Å². The number of primary amides is 1. The Morgan fingerprint density at radius 2 is 2.27 bits per heavy atom. The number of amidine groups is 1. The van der Waals surface area contributed by atoms with E-state index in [1.807, 2.05) is 5.38 Å². The molecule has 0 aliphatic heterocycles. The highest BCUT2D eigenvalue weighted by Gasteiger charge is 2.11. The van der Waals surface area contributed by atoms with Crippen LogP contribution >= 0.6 is 23.1 Å². The summed E-state index contributed by atoms with van der Waals surface area (Å²) in [6.45, 7) is 0.360. The van der Waals surface area contributed by atoms with E-state index in [9.17, 15) is 14.4 Å². The number of amides is 3. The summed E-state index contributed by atoms with van der Waals surface area (Å²) >= 11 is 2.97. The first kappa shape index (κ1) is 18.1. The summed E-state index contributed by atoms with van der Waals surface area (Å²) in [5.41, 5.74) is 5.68. The molecule has 0 spiro atoms. The van der Waals surface area contributed by atoms with Crippen molar-refractivity contribution in [2.24, 2.45) is 10.7 Å². The topological polar surface area (TPSA) is 118 Å². The number of nitrogens with zero attached hydrogens (tertiary/aromatic N) is 3. The van der Waals surface area contributed by atoms with Gasteiger partial charge >= 0.3 is 11.8 Å². The number of nitrogens with two attached hydrogens (primary N) is 1. The Balaban J connectivity index is 2.43. The molecule has 0 aliphatic carbocycles. The molecule has 1 aromatic heterocycles. The van der Waals surface area contributed by atoms with Gasteiger partial charge in [0.05, 0.1) is 5.69 Å². The van der Waals surface area contributed by atoms with Gasteiger partial charge in [0, 0.05) is 37.5 Å². The average molecular weight is 343 g/mol. The van der Waals surface area contributed by atoms with Gasteiger partial charge in [-0.3, -0.25) is 14.4 Å². The number of thioether (sulfide) groups is 1. The van der Waals surface area contributed by atoms with Gasteiger partial charge in [-0.05, 0) is 0 Å².